The summed E-state index contributed by atoms with van der Waals surface area (Å²) < 4.78 is 7.46. The molecule has 6 nitrogen and oxygen atoms in total. The summed E-state index contributed by atoms with van der Waals surface area (Å²) in [7, 11) is 0. The van der Waals surface area contributed by atoms with Crippen molar-refractivity contribution in [1.82, 2.24) is 20.0 Å². The summed E-state index contributed by atoms with van der Waals surface area (Å²) >= 11 is 0. The minimum Gasteiger partial charge on any atom is -0.381 e. The number of carbonyl (C=O) groups excluding carboxylic acids is 1. The molecule has 0 spiro atoms. The minimum atomic E-state index is 0.0280. The third-order valence-electron chi connectivity index (χ3n) is 4.28. The lowest BCUT2D eigenvalue weighted by Gasteiger charge is -2.33. The summed E-state index contributed by atoms with van der Waals surface area (Å²) in [6.45, 7) is 11.9. The average Bonchev–Trinajstić information content (AvgIpc) is 2.83. The summed E-state index contributed by atoms with van der Waals surface area (Å²) in [5.74, 6) is 0.459. The van der Waals surface area contributed by atoms with E-state index in [1.54, 1.807) is 0 Å². The Morgan fingerprint density at radius 1 is 1.52 bits per heavy atom. The lowest BCUT2D eigenvalue weighted by atomic mass is 9.99. The van der Waals surface area contributed by atoms with Crippen molar-refractivity contribution in [2.75, 3.05) is 26.3 Å². The van der Waals surface area contributed by atoms with Gasteiger partial charge in [-0.05, 0) is 46.6 Å². The van der Waals surface area contributed by atoms with E-state index in [-0.39, 0.29) is 12.1 Å². The number of hydrogen-bond acceptors (Lipinski definition) is 3. The van der Waals surface area contributed by atoms with Crippen LogP contribution in [0.4, 0.5) is 4.79 Å². The molecule has 23 heavy (non-hydrogen) atoms. The zero-order valence-corrected chi connectivity index (χ0v) is 14.8. The van der Waals surface area contributed by atoms with Crippen LogP contribution in [0.25, 0.3) is 0 Å². The summed E-state index contributed by atoms with van der Waals surface area (Å²) in [6, 6.07) is 2.13. The van der Waals surface area contributed by atoms with E-state index in [2.05, 4.69) is 16.5 Å². The van der Waals surface area contributed by atoms with Crippen molar-refractivity contribution < 1.29 is 9.53 Å². The number of ether oxygens (including phenoxy) is 1. The van der Waals surface area contributed by atoms with Crippen LogP contribution in [0.3, 0.4) is 0 Å². The second-order valence-corrected chi connectivity index (χ2v) is 6.57. The number of nitrogens with one attached hydrogen (secondary N) is 1. The third kappa shape index (κ3) is 5.23. The van der Waals surface area contributed by atoms with Gasteiger partial charge in [-0.3, -0.25) is 4.68 Å². The highest BCUT2D eigenvalue weighted by Crippen LogP contribution is 2.17. The molecule has 0 aromatic carbocycles. The first-order valence-corrected chi connectivity index (χ1v) is 8.63. The van der Waals surface area contributed by atoms with Gasteiger partial charge in [0.15, 0.2) is 0 Å². The standard InChI is InChI=1S/C17H30N4O2/c1-5-23-12-16-7-6-8-20(11-16)17(22)18-14(3)10-21-15(4)9-13(2)19-21/h9,14,16H,5-8,10-12H2,1-4H3,(H,18,22)/t14-,16+/m0/s1. The van der Waals surface area contributed by atoms with E-state index in [9.17, 15) is 4.79 Å². The van der Waals surface area contributed by atoms with Crippen LogP contribution in [-0.2, 0) is 11.3 Å². The van der Waals surface area contributed by atoms with Gasteiger partial charge in [-0.2, -0.15) is 5.10 Å². The molecule has 2 rings (SSSR count). The SMILES string of the molecule is CCOC[C@@H]1CCCN(C(=O)N[C@@H](C)Cn2nc(C)cc2C)C1. The van der Waals surface area contributed by atoms with Gasteiger partial charge in [0.1, 0.15) is 0 Å². The number of amides is 2. The summed E-state index contributed by atoms with van der Waals surface area (Å²) in [5, 5.41) is 7.55. The van der Waals surface area contributed by atoms with Gasteiger partial charge in [-0.1, -0.05) is 0 Å². The summed E-state index contributed by atoms with van der Waals surface area (Å²) in [5.41, 5.74) is 2.13. The normalized spacial score (nSPS) is 19.7. The molecule has 2 heterocycles. The van der Waals surface area contributed by atoms with Crippen molar-refractivity contribution in [2.24, 2.45) is 5.92 Å². The first-order valence-electron chi connectivity index (χ1n) is 8.63. The average molecular weight is 322 g/mol. The molecule has 1 fully saturated rings. The zero-order valence-electron chi connectivity index (χ0n) is 14.8. The van der Waals surface area contributed by atoms with Gasteiger partial charge in [0.2, 0.25) is 0 Å². The van der Waals surface area contributed by atoms with Crippen molar-refractivity contribution in [3.8, 4) is 0 Å². The Labute approximate surface area is 139 Å². The van der Waals surface area contributed by atoms with E-state index in [1.807, 2.05) is 37.3 Å². The van der Waals surface area contributed by atoms with Gasteiger partial charge in [-0.15, -0.1) is 0 Å². The number of piperidine rings is 1. The highest BCUT2D eigenvalue weighted by molar-refractivity contribution is 5.74. The lowest BCUT2D eigenvalue weighted by Crippen LogP contribution is -2.49. The fraction of sp³-hybridized carbons (Fsp3) is 0.765. The van der Waals surface area contributed by atoms with Crippen LogP contribution in [0.2, 0.25) is 0 Å². The number of carbonyl (C=O) groups is 1. The molecular weight excluding hydrogens is 292 g/mol. The van der Waals surface area contributed by atoms with Crippen LogP contribution >= 0.6 is 0 Å². The molecule has 1 aromatic heterocycles. The molecule has 2 atom stereocenters. The molecule has 1 aliphatic heterocycles. The van der Waals surface area contributed by atoms with Crippen LogP contribution in [0, 0.1) is 19.8 Å². The maximum absolute atomic E-state index is 12.5. The number of likely N-dealkylation sites (tertiary alicyclic amines) is 1. The van der Waals surface area contributed by atoms with Crippen LogP contribution in [0.1, 0.15) is 38.1 Å². The molecule has 2 amide bonds. The van der Waals surface area contributed by atoms with Gasteiger partial charge in [0.05, 0.1) is 18.8 Å². The molecule has 1 saturated heterocycles. The molecule has 0 bridgehead atoms. The third-order valence-corrected chi connectivity index (χ3v) is 4.28. The Bertz CT molecular complexity index is 515. The van der Waals surface area contributed by atoms with Gasteiger partial charge in [0.25, 0.3) is 0 Å². The van der Waals surface area contributed by atoms with Crippen molar-refractivity contribution in [2.45, 2.75) is 53.1 Å². The van der Waals surface area contributed by atoms with Crippen LogP contribution in [0.15, 0.2) is 6.07 Å². The van der Waals surface area contributed by atoms with Crippen LogP contribution in [-0.4, -0.2) is 53.1 Å². The van der Waals surface area contributed by atoms with E-state index in [1.165, 1.54) is 0 Å². The van der Waals surface area contributed by atoms with E-state index in [4.69, 9.17) is 4.74 Å². The van der Waals surface area contributed by atoms with E-state index >= 15 is 0 Å². The highest BCUT2D eigenvalue weighted by atomic mass is 16.5. The summed E-state index contributed by atoms with van der Waals surface area (Å²) in [4.78, 5) is 14.4. The van der Waals surface area contributed by atoms with Crippen molar-refractivity contribution in [3.63, 3.8) is 0 Å². The Morgan fingerprint density at radius 2 is 2.30 bits per heavy atom. The molecule has 0 saturated carbocycles. The molecule has 1 aliphatic rings. The molecule has 130 valence electrons. The Balaban J connectivity index is 1.82. The second kappa shape index (κ2) is 8.34. The number of nitrogens with zero attached hydrogens (tertiary/aromatic N) is 3. The Morgan fingerprint density at radius 3 is 2.96 bits per heavy atom. The maximum atomic E-state index is 12.5. The Hall–Kier alpha value is -1.56. The molecule has 0 unspecified atom stereocenters. The van der Waals surface area contributed by atoms with E-state index in [0.29, 0.717) is 12.5 Å². The van der Waals surface area contributed by atoms with Crippen LogP contribution in [0.5, 0.6) is 0 Å². The lowest BCUT2D eigenvalue weighted by molar-refractivity contribution is 0.0751. The van der Waals surface area contributed by atoms with E-state index < -0.39 is 0 Å². The predicted octanol–water partition coefficient (Wildman–Crippen LogP) is 2.35. The molecule has 0 aliphatic carbocycles. The number of aryl methyl sites for hydroxylation is 2. The topological polar surface area (TPSA) is 59.4 Å². The van der Waals surface area contributed by atoms with Crippen molar-refractivity contribution in [1.29, 1.82) is 0 Å². The number of hydrogen-bond donors (Lipinski definition) is 1. The molecule has 6 heteroatoms. The van der Waals surface area contributed by atoms with Crippen molar-refractivity contribution in [3.05, 3.63) is 17.5 Å². The quantitative estimate of drug-likeness (QED) is 0.874. The zero-order chi connectivity index (χ0) is 16.8. The molecular formula is C17H30N4O2. The number of urea groups is 1. The van der Waals surface area contributed by atoms with Gasteiger partial charge < -0.3 is 15.0 Å². The van der Waals surface area contributed by atoms with Crippen LogP contribution < -0.4 is 5.32 Å². The van der Waals surface area contributed by atoms with Gasteiger partial charge in [0, 0.05) is 37.4 Å². The predicted molar refractivity (Wildman–Crippen MR) is 90.5 cm³/mol. The van der Waals surface area contributed by atoms with Gasteiger partial charge >= 0.3 is 6.03 Å². The van der Waals surface area contributed by atoms with E-state index in [0.717, 1.165) is 50.5 Å². The Kier molecular flexibility index (Phi) is 6.45. The molecule has 1 N–H and O–H groups in total. The smallest absolute Gasteiger partial charge is 0.317 e. The first kappa shape index (κ1) is 17.8. The monoisotopic (exact) mass is 322 g/mol. The summed E-state index contributed by atoms with van der Waals surface area (Å²) in [6.07, 6.45) is 2.20. The largest absolute Gasteiger partial charge is 0.381 e. The fourth-order valence-corrected chi connectivity index (χ4v) is 3.14. The first-order chi connectivity index (χ1) is 11.0. The fourth-order valence-electron chi connectivity index (χ4n) is 3.14. The number of rotatable bonds is 6. The minimum absolute atomic E-state index is 0.0280. The second-order valence-electron chi connectivity index (χ2n) is 6.57. The number of aromatic nitrogens is 2. The molecule has 0 radical (unpaired) electrons. The highest BCUT2D eigenvalue weighted by Gasteiger charge is 2.24. The molecule has 1 aromatic rings. The van der Waals surface area contributed by atoms with Crippen molar-refractivity contribution >= 4 is 6.03 Å². The maximum Gasteiger partial charge on any atom is 0.317 e. The van der Waals surface area contributed by atoms with Gasteiger partial charge in [-0.25, -0.2) is 4.79 Å².